The molecule has 0 saturated heterocycles. The molecule has 1 unspecified atom stereocenters. The minimum absolute atomic E-state index is 0.119. The Labute approximate surface area is 153 Å². The smallest absolute Gasteiger partial charge is 0.247 e. The third-order valence-corrected chi connectivity index (χ3v) is 5.12. The van der Waals surface area contributed by atoms with E-state index in [9.17, 15) is 18.0 Å². The molecule has 7 heteroatoms. The van der Waals surface area contributed by atoms with Gasteiger partial charge in [-0.15, -0.1) is 0 Å². The summed E-state index contributed by atoms with van der Waals surface area (Å²) in [6.07, 6.45) is 1.06. The summed E-state index contributed by atoms with van der Waals surface area (Å²) in [5, 5.41) is 2.68. The molecule has 26 heavy (non-hydrogen) atoms. The maximum atomic E-state index is 12.6. The zero-order valence-corrected chi connectivity index (χ0v) is 16.0. The summed E-state index contributed by atoms with van der Waals surface area (Å²) >= 11 is 0. The number of hydrogen-bond acceptors (Lipinski definition) is 4. The molecule has 0 saturated carbocycles. The molecular weight excluding hydrogens is 352 g/mol. The fourth-order valence-electron chi connectivity index (χ4n) is 2.64. The van der Waals surface area contributed by atoms with E-state index < -0.39 is 22.0 Å². The summed E-state index contributed by atoms with van der Waals surface area (Å²) in [4.78, 5) is 24.1. The van der Waals surface area contributed by atoms with Crippen molar-refractivity contribution in [3.8, 4) is 0 Å². The first kappa shape index (κ1) is 19.7. The monoisotopic (exact) mass is 374 g/mol. The fourth-order valence-corrected chi connectivity index (χ4v) is 3.80. The number of amides is 1. The quantitative estimate of drug-likeness (QED) is 0.788. The van der Waals surface area contributed by atoms with Crippen molar-refractivity contribution in [3.05, 3.63) is 59.7 Å². The number of sulfonamides is 1. The molecule has 2 aromatic rings. The summed E-state index contributed by atoms with van der Waals surface area (Å²) in [6, 6.07) is 12.5. The number of hydrogen-bond donors (Lipinski definition) is 1. The lowest BCUT2D eigenvalue weighted by Gasteiger charge is -2.28. The van der Waals surface area contributed by atoms with Gasteiger partial charge in [0.15, 0.2) is 5.78 Å². The Morgan fingerprint density at radius 2 is 1.73 bits per heavy atom. The van der Waals surface area contributed by atoms with E-state index in [1.807, 2.05) is 13.0 Å². The average Bonchev–Trinajstić information content (AvgIpc) is 2.53. The Bertz CT molecular complexity index is 938. The van der Waals surface area contributed by atoms with Crippen LogP contribution in [0.15, 0.2) is 48.5 Å². The van der Waals surface area contributed by atoms with Crippen LogP contribution in [0.3, 0.4) is 0 Å². The summed E-state index contributed by atoms with van der Waals surface area (Å²) in [5.41, 5.74) is 2.21. The van der Waals surface area contributed by atoms with E-state index in [1.54, 1.807) is 42.5 Å². The minimum atomic E-state index is -3.67. The van der Waals surface area contributed by atoms with Crippen LogP contribution in [-0.4, -0.2) is 32.4 Å². The molecule has 0 bridgehead atoms. The van der Waals surface area contributed by atoms with Gasteiger partial charge in [0.25, 0.3) is 0 Å². The van der Waals surface area contributed by atoms with Crippen molar-refractivity contribution in [1.82, 2.24) is 0 Å². The molecule has 1 atom stereocenters. The van der Waals surface area contributed by atoms with Crippen molar-refractivity contribution in [2.24, 2.45) is 0 Å². The molecule has 2 aromatic carbocycles. The molecule has 6 nitrogen and oxygen atoms in total. The van der Waals surface area contributed by atoms with Crippen LogP contribution in [0, 0.1) is 6.92 Å². The molecule has 0 spiro atoms. The molecule has 0 aliphatic heterocycles. The second kappa shape index (κ2) is 7.70. The molecule has 0 aliphatic rings. The van der Waals surface area contributed by atoms with Gasteiger partial charge in [0.2, 0.25) is 15.9 Å². The van der Waals surface area contributed by atoms with E-state index in [0.717, 1.165) is 16.1 Å². The Kier molecular flexibility index (Phi) is 5.82. The van der Waals surface area contributed by atoms with Gasteiger partial charge in [-0.05, 0) is 50.6 Å². The third-order valence-electron chi connectivity index (χ3n) is 3.88. The highest BCUT2D eigenvalue weighted by Gasteiger charge is 2.29. The fraction of sp³-hybridized carbons (Fsp3) is 0.263. The van der Waals surface area contributed by atoms with Gasteiger partial charge in [0.1, 0.15) is 6.04 Å². The molecule has 0 radical (unpaired) electrons. The van der Waals surface area contributed by atoms with Gasteiger partial charge in [-0.1, -0.05) is 24.3 Å². The maximum Gasteiger partial charge on any atom is 0.247 e. The Balaban J connectivity index is 2.31. The van der Waals surface area contributed by atoms with E-state index in [4.69, 9.17) is 0 Å². The highest BCUT2D eigenvalue weighted by Crippen LogP contribution is 2.23. The van der Waals surface area contributed by atoms with Gasteiger partial charge in [-0.2, -0.15) is 0 Å². The molecule has 2 rings (SSSR count). The predicted molar refractivity (Wildman–Crippen MR) is 103 cm³/mol. The number of aryl methyl sites for hydroxylation is 1. The number of nitrogens with one attached hydrogen (secondary N) is 1. The number of carbonyl (C=O) groups is 2. The third kappa shape index (κ3) is 4.70. The van der Waals surface area contributed by atoms with Crippen molar-refractivity contribution in [3.63, 3.8) is 0 Å². The predicted octanol–water partition coefficient (Wildman–Crippen LogP) is 2.99. The molecule has 138 valence electrons. The van der Waals surface area contributed by atoms with E-state index >= 15 is 0 Å². The summed E-state index contributed by atoms with van der Waals surface area (Å²) < 4.78 is 25.7. The van der Waals surface area contributed by atoms with E-state index in [1.165, 1.54) is 13.8 Å². The van der Waals surface area contributed by atoms with E-state index in [2.05, 4.69) is 5.32 Å². The van der Waals surface area contributed by atoms with Crippen molar-refractivity contribution >= 4 is 33.1 Å². The standard InChI is InChI=1S/C19H22N2O4S/c1-13-7-5-10-18(11-13)21(26(4,24)25)14(2)19(23)20-17-9-6-8-16(12-17)15(3)22/h5-12,14H,1-4H3,(H,20,23). The normalized spacial score (nSPS) is 12.3. The summed E-state index contributed by atoms with van der Waals surface area (Å²) in [7, 11) is -3.67. The van der Waals surface area contributed by atoms with Gasteiger partial charge < -0.3 is 5.32 Å². The van der Waals surface area contributed by atoms with Crippen molar-refractivity contribution in [2.75, 3.05) is 15.9 Å². The van der Waals surface area contributed by atoms with Gasteiger partial charge in [-0.25, -0.2) is 8.42 Å². The van der Waals surface area contributed by atoms with Crippen LogP contribution in [0.1, 0.15) is 29.8 Å². The number of Topliss-reactive ketones (excluding diaryl/α,β-unsaturated/α-hetero) is 1. The zero-order chi connectivity index (χ0) is 19.5. The van der Waals surface area contributed by atoms with Crippen molar-refractivity contribution in [1.29, 1.82) is 0 Å². The van der Waals surface area contributed by atoms with Gasteiger partial charge in [0, 0.05) is 11.3 Å². The van der Waals surface area contributed by atoms with Gasteiger partial charge in [-0.3, -0.25) is 13.9 Å². The van der Waals surface area contributed by atoms with Crippen molar-refractivity contribution < 1.29 is 18.0 Å². The van der Waals surface area contributed by atoms with Crippen LogP contribution in [-0.2, 0) is 14.8 Å². The number of ketones is 1. The minimum Gasteiger partial charge on any atom is -0.324 e. The Hall–Kier alpha value is -2.67. The molecule has 0 fully saturated rings. The largest absolute Gasteiger partial charge is 0.324 e. The second-order valence-electron chi connectivity index (χ2n) is 6.20. The molecule has 0 aromatic heterocycles. The maximum absolute atomic E-state index is 12.6. The number of rotatable bonds is 6. The highest BCUT2D eigenvalue weighted by atomic mass is 32.2. The molecular formula is C19H22N2O4S. The summed E-state index contributed by atoms with van der Waals surface area (Å²) in [5.74, 6) is -0.607. The number of nitrogens with zero attached hydrogens (tertiary/aromatic N) is 1. The molecule has 1 N–H and O–H groups in total. The number of anilines is 2. The lowest BCUT2D eigenvalue weighted by molar-refractivity contribution is -0.116. The van der Waals surface area contributed by atoms with E-state index in [0.29, 0.717) is 16.9 Å². The lowest BCUT2D eigenvalue weighted by atomic mass is 10.1. The molecule has 0 heterocycles. The van der Waals surface area contributed by atoms with Crippen LogP contribution in [0.25, 0.3) is 0 Å². The first-order valence-corrected chi connectivity index (χ1v) is 9.92. The summed E-state index contributed by atoms with van der Waals surface area (Å²) in [6.45, 7) is 4.81. The first-order valence-electron chi connectivity index (χ1n) is 8.07. The number of carbonyl (C=O) groups excluding carboxylic acids is 2. The van der Waals surface area contributed by atoms with Crippen LogP contribution in [0.4, 0.5) is 11.4 Å². The first-order chi connectivity index (χ1) is 12.1. The van der Waals surface area contributed by atoms with Gasteiger partial charge in [0.05, 0.1) is 11.9 Å². The Morgan fingerprint density at radius 3 is 2.31 bits per heavy atom. The lowest BCUT2D eigenvalue weighted by Crippen LogP contribution is -2.45. The molecule has 1 amide bonds. The van der Waals surface area contributed by atoms with E-state index in [-0.39, 0.29) is 5.78 Å². The van der Waals surface area contributed by atoms with Crippen LogP contribution >= 0.6 is 0 Å². The second-order valence-corrected chi connectivity index (χ2v) is 8.06. The Morgan fingerprint density at radius 1 is 1.08 bits per heavy atom. The van der Waals surface area contributed by atoms with Crippen LogP contribution in [0.5, 0.6) is 0 Å². The van der Waals surface area contributed by atoms with Crippen molar-refractivity contribution in [2.45, 2.75) is 26.8 Å². The highest BCUT2D eigenvalue weighted by molar-refractivity contribution is 7.92. The topological polar surface area (TPSA) is 83.6 Å². The zero-order valence-electron chi connectivity index (χ0n) is 15.2. The van der Waals surface area contributed by atoms with Gasteiger partial charge >= 0.3 is 0 Å². The van der Waals surface area contributed by atoms with Crippen LogP contribution in [0.2, 0.25) is 0 Å². The number of benzene rings is 2. The SMILES string of the molecule is CC(=O)c1cccc(NC(=O)C(C)N(c2cccc(C)c2)S(C)(=O)=O)c1. The average molecular weight is 374 g/mol. The molecule has 0 aliphatic carbocycles. The van der Waals surface area contributed by atoms with Crippen LogP contribution < -0.4 is 9.62 Å².